The molecule has 86 valence electrons. The zero-order chi connectivity index (χ0) is 11.0. The molecule has 1 atom stereocenters. The average molecular weight is 217 g/mol. The molecule has 0 spiro atoms. The number of unbranched alkanes of at least 4 members (excludes halogenated alkanes) is 1. The summed E-state index contributed by atoms with van der Waals surface area (Å²) in [5, 5.41) is 5.10. The summed E-state index contributed by atoms with van der Waals surface area (Å²) in [6.07, 6.45) is 4.04. The molecule has 0 heterocycles. The fraction of sp³-hybridized carbons (Fsp3) is 1.00. The SMILES string of the molecule is CCCCC(CNC(C)C)SC(C)C. The van der Waals surface area contributed by atoms with Gasteiger partial charge < -0.3 is 5.32 Å². The number of thioether (sulfide) groups is 1. The van der Waals surface area contributed by atoms with Gasteiger partial charge in [0, 0.05) is 17.8 Å². The van der Waals surface area contributed by atoms with E-state index in [0.717, 1.165) is 10.5 Å². The van der Waals surface area contributed by atoms with E-state index in [9.17, 15) is 0 Å². The number of hydrogen-bond acceptors (Lipinski definition) is 2. The van der Waals surface area contributed by atoms with Crippen molar-refractivity contribution >= 4 is 11.8 Å². The minimum Gasteiger partial charge on any atom is -0.313 e. The Bertz CT molecular complexity index is 123. The maximum Gasteiger partial charge on any atom is 0.0175 e. The predicted octanol–water partition coefficient (Wildman–Crippen LogP) is 3.68. The van der Waals surface area contributed by atoms with Gasteiger partial charge in [-0.05, 0) is 11.7 Å². The second-order valence-electron chi connectivity index (χ2n) is 4.51. The standard InChI is InChI=1S/C12H27NS/c1-6-7-8-12(14-11(4)5)9-13-10(2)3/h10-13H,6-9H2,1-5H3. The summed E-state index contributed by atoms with van der Waals surface area (Å²) in [5.74, 6) is 0. The summed E-state index contributed by atoms with van der Waals surface area (Å²) in [5.41, 5.74) is 0. The minimum atomic E-state index is 0.617. The van der Waals surface area contributed by atoms with Gasteiger partial charge >= 0.3 is 0 Å². The van der Waals surface area contributed by atoms with Crippen molar-refractivity contribution in [2.45, 2.75) is 70.4 Å². The number of hydrogen-bond donors (Lipinski definition) is 1. The lowest BCUT2D eigenvalue weighted by atomic mass is 10.2. The van der Waals surface area contributed by atoms with Gasteiger partial charge in [-0.3, -0.25) is 0 Å². The molecule has 0 saturated carbocycles. The van der Waals surface area contributed by atoms with Crippen LogP contribution in [0.2, 0.25) is 0 Å². The molecular formula is C12H27NS. The van der Waals surface area contributed by atoms with Crippen LogP contribution in [-0.4, -0.2) is 23.1 Å². The van der Waals surface area contributed by atoms with E-state index in [4.69, 9.17) is 0 Å². The topological polar surface area (TPSA) is 12.0 Å². The van der Waals surface area contributed by atoms with Crippen molar-refractivity contribution in [3.8, 4) is 0 Å². The lowest BCUT2D eigenvalue weighted by Gasteiger charge is -2.20. The van der Waals surface area contributed by atoms with Crippen LogP contribution in [0.15, 0.2) is 0 Å². The Kier molecular flexibility index (Phi) is 8.80. The number of rotatable bonds is 8. The van der Waals surface area contributed by atoms with Crippen LogP contribution < -0.4 is 5.32 Å². The van der Waals surface area contributed by atoms with E-state index < -0.39 is 0 Å². The summed E-state index contributed by atoms with van der Waals surface area (Å²) >= 11 is 2.12. The Morgan fingerprint density at radius 3 is 2.21 bits per heavy atom. The molecule has 0 bridgehead atoms. The molecule has 0 aliphatic heterocycles. The summed E-state index contributed by atoms with van der Waals surface area (Å²) in [7, 11) is 0. The van der Waals surface area contributed by atoms with Crippen molar-refractivity contribution in [3.05, 3.63) is 0 Å². The summed E-state index contributed by atoms with van der Waals surface area (Å²) < 4.78 is 0. The van der Waals surface area contributed by atoms with Crippen molar-refractivity contribution in [1.29, 1.82) is 0 Å². The highest BCUT2D eigenvalue weighted by Crippen LogP contribution is 2.21. The van der Waals surface area contributed by atoms with Gasteiger partial charge in [0.2, 0.25) is 0 Å². The van der Waals surface area contributed by atoms with Gasteiger partial charge in [0.05, 0.1) is 0 Å². The van der Waals surface area contributed by atoms with Gasteiger partial charge in [0.15, 0.2) is 0 Å². The maximum atomic E-state index is 3.54. The molecule has 0 radical (unpaired) electrons. The molecule has 0 saturated heterocycles. The van der Waals surface area contributed by atoms with Crippen molar-refractivity contribution < 1.29 is 0 Å². The summed E-state index contributed by atoms with van der Waals surface area (Å²) in [6, 6.07) is 0.617. The molecule has 0 rings (SSSR count). The molecule has 0 aliphatic carbocycles. The number of nitrogens with one attached hydrogen (secondary N) is 1. The maximum absolute atomic E-state index is 3.54. The lowest BCUT2D eigenvalue weighted by Crippen LogP contribution is -2.31. The molecular weight excluding hydrogens is 190 g/mol. The first kappa shape index (κ1) is 14.3. The monoisotopic (exact) mass is 217 g/mol. The molecule has 2 heteroatoms. The van der Waals surface area contributed by atoms with E-state index in [2.05, 4.69) is 51.7 Å². The Balaban J connectivity index is 3.72. The molecule has 1 nitrogen and oxygen atoms in total. The van der Waals surface area contributed by atoms with E-state index >= 15 is 0 Å². The third kappa shape index (κ3) is 8.89. The fourth-order valence-electron chi connectivity index (χ4n) is 1.40. The molecule has 0 fully saturated rings. The minimum absolute atomic E-state index is 0.617. The van der Waals surface area contributed by atoms with Crippen LogP contribution in [0.3, 0.4) is 0 Å². The van der Waals surface area contributed by atoms with Gasteiger partial charge in [-0.25, -0.2) is 0 Å². The van der Waals surface area contributed by atoms with Crippen LogP contribution >= 0.6 is 11.8 Å². The second-order valence-corrected chi connectivity index (χ2v) is 6.39. The molecule has 1 unspecified atom stereocenters. The summed E-state index contributed by atoms with van der Waals surface area (Å²) in [4.78, 5) is 0. The van der Waals surface area contributed by atoms with Crippen LogP contribution in [0.4, 0.5) is 0 Å². The van der Waals surface area contributed by atoms with Gasteiger partial charge in [-0.1, -0.05) is 47.5 Å². The van der Waals surface area contributed by atoms with Crippen LogP contribution in [0.1, 0.15) is 53.9 Å². The fourth-order valence-corrected chi connectivity index (χ4v) is 2.67. The summed E-state index contributed by atoms with van der Waals surface area (Å²) in [6.45, 7) is 12.5. The van der Waals surface area contributed by atoms with Crippen LogP contribution in [0.25, 0.3) is 0 Å². The Morgan fingerprint density at radius 1 is 1.14 bits per heavy atom. The first-order valence-electron chi connectivity index (χ1n) is 5.95. The van der Waals surface area contributed by atoms with Crippen molar-refractivity contribution in [3.63, 3.8) is 0 Å². The third-order valence-electron chi connectivity index (χ3n) is 2.10. The zero-order valence-electron chi connectivity index (χ0n) is 10.5. The van der Waals surface area contributed by atoms with Crippen molar-refractivity contribution in [1.82, 2.24) is 5.32 Å². The molecule has 0 aromatic rings. The zero-order valence-corrected chi connectivity index (χ0v) is 11.3. The van der Waals surface area contributed by atoms with Crippen LogP contribution in [0, 0.1) is 0 Å². The largest absolute Gasteiger partial charge is 0.313 e. The van der Waals surface area contributed by atoms with Crippen LogP contribution in [-0.2, 0) is 0 Å². The van der Waals surface area contributed by atoms with Crippen LogP contribution in [0.5, 0.6) is 0 Å². The Labute approximate surface area is 94.4 Å². The lowest BCUT2D eigenvalue weighted by molar-refractivity contribution is 0.554. The highest BCUT2D eigenvalue weighted by molar-refractivity contribution is 8.00. The molecule has 0 aromatic carbocycles. The Hall–Kier alpha value is 0.310. The quantitative estimate of drug-likeness (QED) is 0.665. The second kappa shape index (κ2) is 8.60. The first-order valence-corrected chi connectivity index (χ1v) is 6.89. The van der Waals surface area contributed by atoms with Crippen molar-refractivity contribution in [2.75, 3.05) is 6.54 Å². The molecule has 0 aliphatic rings. The van der Waals surface area contributed by atoms with E-state index in [1.165, 1.54) is 25.8 Å². The van der Waals surface area contributed by atoms with Gasteiger partial charge in [-0.15, -0.1) is 0 Å². The first-order chi connectivity index (χ1) is 6.56. The Morgan fingerprint density at radius 2 is 1.79 bits per heavy atom. The van der Waals surface area contributed by atoms with E-state index in [0.29, 0.717) is 6.04 Å². The van der Waals surface area contributed by atoms with E-state index in [1.54, 1.807) is 0 Å². The van der Waals surface area contributed by atoms with Gasteiger partial charge in [0.1, 0.15) is 0 Å². The molecule has 0 aromatic heterocycles. The average Bonchev–Trinajstić information content (AvgIpc) is 2.09. The molecule has 1 N–H and O–H groups in total. The van der Waals surface area contributed by atoms with Gasteiger partial charge in [-0.2, -0.15) is 11.8 Å². The normalized spacial score (nSPS) is 13.9. The van der Waals surface area contributed by atoms with Crippen molar-refractivity contribution in [2.24, 2.45) is 0 Å². The molecule has 0 amide bonds. The molecule has 14 heavy (non-hydrogen) atoms. The highest BCUT2D eigenvalue weighted by Gasteiger charge is 2.10. The van der Waals surface area contributed by atoms with E-state index in [1.807, 2.05) is 0 Å². The predicted molar refractivity (Wildman–Crippen MR) is 69.2 cm³/mol. The third-order valence-corrected chi connectivity index (χ3v) is 3.43. The van der Waals surface area contributed by atoms with Gasteiger partial charge in [0.25, 0.3) is 0 Å². The van der Waals surface area contributed by atoms with E-state index in [-0.39, 0.29) is 0 Å². The smallest absolute Gasteiger partial charge is 0.0175 e. The highest BCUT2D eigenvalue weighted by atomic mass is 32.2.